The van der Waals surface area contributed by atoms with E-state index in [0.717, 1.165) is 11.1 Å². The summed E-state index contributed by atoms with van der Waals surface area (Å²) < 4.78 is 5.24. The molecular formula is C18H20O3. The van der Waals surface area contributed by atoms with Crippen LogP contribution >= 0.6 is 0 Å². The van der Waals surface area contributed by atoms with Gasteiger partial charge in [-0.05, 0) is 31.1 Å². The lowest BCUT2D eigenvalue weighted by Gasteiger charge is -2.06. The number of hydrogen-bond acceptors (Lipinski definition) is 3. The lowest BCUT2D eigenvalue weighted by atomic mass is 10.1. The van der Waals surface area contributed by atoms with E-state index in [-0.39, 0.29) is 18.4 Å². The topological polar surface area (TPSA) is 43.4 Å². The third-order valence-electron chi connectivity index (χ3n) is 2.73. The standard InChI is InChI=1S/C18H20O3/c1-4-6-17(7-5-2)18(20)21-13-16-10-8-15(9-11-16)12-14(3)19/h4-11H,1,12-13H2,2-3H3/b7-5-,17-6+. The van der Waals surface area contributed by atoms with E-state index in [9.17, 15) is 9.59 Å². The van der Waals surface area contributed by atoms with Crippen molar-refractivity contribution in [2.45, 2.75) is 26.9 Å². The van der Waals surface area contributed by atoms with Crippen molar-refractivity contribution < 1.29 is 14.3 Å². The summed E-state index contributed by atoms with van der Waals surface area (Å²) in [6.07, 6.45) is 7.03. The Labute approximate surface area is 125 Å². The summed E-state index contributed by atoms with van der Waals surface area (Å²) in [5.74, 6) is -0.263. The number of allylic oxidation sites excluding steroid dienone is 3. The van der Waals surface area contributed by atoms with Gasteiger partial charge in [0, 0.05) is 6.42 Å². The molecule has 1 rings (SSSR count). The van der Waals surface area contributed by atoms with Gasteiger partial charge in [0.25, 0.3) is 0 Å². The molecule has 3 heteroatoms. The molecule has 0 heterocycles. The Morgan fingerprint density at radius 1 is 1.19 bits per heavy atom. The molecule has 0 aliphatic rings. The van der Waals surface area contributed by atoms with Crippen molar-refractivity contribution in [2.24, 2.45) is 0 Å². The second-order valence-electron chi connectivity index (χ2n) is 4.63. The van der Waals surface area contributed by atoms with Gasteiger partial charge in [-0.25, -0.2) is 4.79 Å². The Bertz CT molecular complexity index is 563. The summed E-state index contributed by atoms with van der Waals surface area (Å²) >= 11 is 0. The Morgan fingerprint density at radius 3 is 2.33 bits per heavy atom. The molecule has 21 heavy (non-hydrogen) atoms. The van der Waals surface area contributed by atoms with Gasteiger partial charge in [0.2, 0.25) is 0 Å². The Kier molecular flexibility index (Phi) is 6.88. The summed E-state index contributed by atoms with van der Waals surface area (Å²) in [5.41, 5.74) is 2.30. The van der Waals surface area contributed by atoms with Crippen LogP contribution in [-0.4, -0.2) is 11.8 Å². The van der Waals surface area contributed by atoms with Gasteiger partial charge in [0.15, 0.2) is 0 Å². The van der Waals surface area contributed by atoms with Gasteiger partial charge in [-0.1, -0.05) is 49.1 Å². The van der Waals surface area contributed by atoms with Crippen LogP contribution in [0.3, 0.4) is 0 Å². The highest BCUT2D eigenvalue weighted by atomic mass is 16.5. The Morgan fingerprint density at radius 2 is 1.81 bits per heavy atom. The predicted octanol–water partition coefficient (Wildman–Crippen LogP) is 3.55. The average molecular weight is 284 g/mol. The third kappa shape index (κ3) is 6.04. The normalized spacial score (nSPS) is 11.4. The first kappa shape index (κ1) is 16.6. The van der Waals surface area contributed by atoms with E-state index in [1.807, 2.05) is 31.2 Å². The maximum absolute atomic E-state index is 11.9. The molecule has 0 aromatic heterocycles. The maximum Gasteiger partial charge on any atom is 0.338 e. The van der Waals surface area contributed by atoms with E-state index >= 15 is 0 Å². The van der Waals surface area contributed by atoms with Gasteiger partial charge in [-0.15, -0.1) is 0 Å². The molecule has 1 aromatic rings. The van der Waals surface area contributed by atoms with E-state index in [1.165, 1.54) is 0 Å². The zero-order valence-electron chi connectivity index (χ0n) is 12.5. The van der Waals surface area contributed by atoms with E-state index in [4.69, 9.17) is 4.74 Å². The first-order valence-electron chi connectivity index (χ1n) is 6.76. The number of esters is 1. The van der Waals surface area contributed by atoms with Crippen molar-refractivity contribution in [2.75, 3.05) is 0 Å². The van der Waals surface area contributed by atoms with Gasteiger partial charge >= 0.3 is 5.97 Å². The second-order valence-corrected chi connectivity index (χ2v) is 4.63. The van der Waals surface area contributed by atoms with E-state index in [1.54, 1.807) is 31.2 Å². The summed E-state index contributed by atoms with van der Waals surface area (Å²) in [6.45, 7) is 7.16. The molecule has 0 unspecified atom stereocenters. The number of ketones is 1. The highest BCUT2D eigenvalue weighted by molar-refractivity contribution is 5.91. The van der Waals surface area contributed by atoms with Crippen molar-refractivity contribution in [1.82, 2.24) is 0 Å². The lowest BCUT2D eigenvalue weighted by molar-refractivity contribution is -0.139. The van der Waals surface area contributed by atoms with E-state index in [2.05, 4.69) is 6.58 Å². The third-order valence-corrected chi connectivity index (χ3v) is 2.73. The number of carbonyl (C=O) groups excluding carboxylic acids is 2. The van der Waals surface area contributed by atoms with Crippen LogP contribution in [0.15, 0.2) is 60.7 Å². The number of Topliss-reactive ketones (excluding diaryl/α,β-unsaturated/α-hetero) is 1. The van der Waals surface area contributed by atoms with Crippen LogP contribution in [0.1, 0.15) is 25.0 Å². The summed E-state index contributed by atoms with van der Waals surface area (Å²) in [4.78, 5) is 22.9. The molecule has 0 fully saturated rings. The van der Waals surface area contributed by atoms with Crippen molar-refractivity contribution >= 4 is 11.8 Å². The molecule has 0 atom stereocenters. The number of hydrogen-bond donors (Lipinski definition) is 0. The molecule has 0 saturated carbocycles. The largest absolute Gasteiger partial charge is 0.457 e. The van der Waals surface area contributed by atoms with E-state index in [0.29, 0.717) is 12.0 Å². The summed E-state index contributed by atoms with van der Waals surface area (Å²) in [5, 5.41) is 0. The Balaban J connectivity index is 2.62. The number of ether oxygens (including phenoxy) is 1. The van der Waals surface area contributed by atoms with Crippen LogP contribution in [0.25, 0.3) is 0 Å². The molecule has 0 aliphatic heterocycles. The molecule has 1 aromatic carbocycles. The first-order chi connectivity index (χ1) is 10.1. The molecule has 110 valence electrons. The molecule has 0 amide bonds. The van der Waals surface area contributed by atoms with Crippen LogP contribution in [-0.2, 0) is 27.4 Å². The highest BCUT2D eigenvalue weighted by Crippen LogP contribution is 2.09. The van der Waals surface area contributed by atoms with Crippen molar-refractivity contribution in [3.63, 3.8) is 0 Å². The number of carbonyl (C=O) groups is 2. The van der Waals surface area contributed by atoms with E-state index < -0.39 is 0 Å². The first-order valence-corrected chi connectivity index (χ1v) is 6.76. The minimum Gasteiger partial charge on any atom is -0.457 e. The predicted molar refractivity (Wildman–Crippen MR) is 83.7 cm³/mol. The average Bonchev–Trinajstić information content (AvgIpc) is 2.45. The molecule has 0 aliphatic carbocycles. The minimum atomic E-state index is -0.388. The molecule has 0 radical (unpaired) electrons. The minimum absolute atomic E-state index is 0.125. The smallest absolute Gasteiger partial charge is 0.338 e. The monoisotopic (exact) mass is 284 g/mol. The van der Waals surface area contributed by atoms with Crippen LogP contribution < -0.4 is 0 Å². The van der Waals surface area contributed by atoms with Crippen molar-refractivity contribution in [3.05, 3.63) is 71.8 Å². The highest BCUT2D eigenvalue weighted by Gasteiger charge is 2.07. The molecule has 0 spiro atoms. The zero-order chi connectivity index (χ0) is 15.7. The molecule has 3 nitrogen and oxygen atoms in total. The van der Waals surface area contributed by atoms with Gasteiger partial charge in [0.05, 0.1) is 5.57 Å². The number of rotatable bonds is 7. The molecule has 0 bridgehead atoms. The fraction of sp³-hybridized carbons (Fsp3) is 0.222. The van der Waals surface area contributed by atoms with Gasteiger partial charge in [-0.3, -0.25) is 4.79 Å². The van der Waals surface area contributed by atoms with Gasteiger partial charge in [0.1, 0.15) is 12.4 Å². The van der Waals surface area contributed by atoms with Gasteiger partial charge in [-0.2, -0.15) is 0 Å². The summed E-state index contributed by atoms with van der Waals surface area (Å²) in [7, 11) is 0. The maximum atomic E-state index is 11.9. The van der Waals surface area contributed by atoms with Crippen LogP contribution in [0.5, 0.6) is 0 Å². The second kappa shape index (κ2) is 8.69. The van der Waals surface area contributed by atoms with Crippen LogP contribution in [0.2, 0.25) is 0 Å². The molecule has 0 saturated heterocycles. The van der Waals surface area contributed by atoms with Crippen LogP contribution in [0, 0.1) is 0 Å². The fourth-order valence-corrected chi connectivity index (χ4v) is 1.77. The quantitative estimate of drug-likeness (QED) is 0.437. The Hall–Kier alpha value is -2.42. The SMILES string of the molecule is C=C/C=C(\C=C/C)C(=O)OCc1ccc(CC(C)=O)cc1. The zero-order valence-corrected chi connectivity index (χ0v) is 12.5. The van der Waals surface area contributed by atoms with Gasteiger partial charge < -0.3 is 4.74 Å². The summed E-state index contributed by atoms with van der Waals surface area (Å²) in [6, 6.07) is 7.46. The number of benzene rings is 1. The fourth-order valence-electron chi connectivity index (χ4n) is 1.77. The molecule has 0 N–H and O–H groups in total. The van der Waals surface area contributed by atoms with Crippen LogP contribution in [0.4, 0.5) is 0 Å². The molecular weight excluding hydrogens is 264 g/mol. The van der Waals surface area contributed by atoms with Crippen molar-refractivity contribution in [3.8, 4) is 0 Å². The van der Waals surface area contributed by atoms with Crippen molar-refractivity contribution in [1.29, 1.82) is 0 Å². The lowest BCUT2D eigenvalue weighted by Crippen LogP contribution is -2.06.